The Kier molecular flexibility index (Phi) is 5.41. The van der Waals surface area contributed by atoms with Crippen molar-refractivity contribution < 1.29 is 4.74 Å². The number of hydrogen-bond donors (Lipinski definition) is 1. The van der Waals surface area contributed by atoms with E-state index in [0.717, 1.165) is 32.1 Å². The van der Waals surface area contributed by atoms with Crippen molar-refractivity contribution in [2.24, 2.45) is 5.92 Å². The molecule has 0 aliphatic heterocycles. The largest absolute Gasteiger partial charge is 0.381 e. The number of ether oxygens (including phenoxy) is 1. The van der Waals surface area contributed by atoms with Crippen molar-refractivity contribution >= 4 is 0 Å². The standard InChI is InChI=1S/C17H27NO/c1-13-5-8-17(14(2)11-13)15(3)18-9-4-10-19-12-16-6-7-16/h5,8,11,15-16,18H,4,6-7,9-10,12H2,1-3H3. The minimum absolute atomic E-state index is 0.420. The van der Waals surface area contributed by atoms with E-state index in [2.05, 4.69) is 44.3 Å². The van der Waals surface area contributed by atoms with Crippen LogP contribution >= 0.6 is 0 Å². The van der Waals surface area contributed by atoms with Crippen LogP contribution < -0.4 is 5.32 Å². The van der Waals surface area contributed by atoms with Crippen molar-refractivity contribution in [3.05, 3.63) is 34.9 Å². The highest BCUT2D eigenvalue weighted by Crippen LogP contribution is 2.28. The van der Waals surface area contributed by atoms with Crippen LogP contribution in [0.3, 0.4) is 0 Å². The molecule has 0 amide bonds. The van der Waals surface area contributed by atoms with Crippen molar-refractivity contribution in [1.82, 2.24) is 5.32 Å². The van der Waals surface area contributed by atoms with Crippen molar-refractivity contribution in [2.75, 3.05) is 19.8 Å². The molecule has 2 nitrogen and oxygen atoms in total. The van der Waals surface area contributed by atoms with E-state index < -0.39 is 0 Å². The molecule has 1 fully saturated rings. The van der Waals surface area contributed by atoms with Gasteiger partial charge in [0, 0.05) is 19.3 Å². The average Bonchev–Trinajstić information content (AvgIpc) is 3.17. The molecule has 106 valence electrons. The molecule has 1 unspecified atom stereocenters. The van der Waals surface area contributed by atoms with Crippen LogP contribution in [0.25, 0.3) is 0 Å². The summed E-state index contributed by atoms with van der Waals surface area (Å²) in [6, 6.07) is 7.11. The molecule has 1 aliphatic rings. The van der Waals surface area contributed by atoms with E-state index in [0.29, 0.717) is 6.04 Å². The molecule has 1 aromatic rings. The van der Waals surface area contributed by atoms with Gasteiger partial charge in [0.25, 0.3) is 0 Å². The van der Waals surface area contributed by atoms with Gasteiger partial charge in [-0.2, -0.15) is 0 Å². The van der Waals surface area contributed by atoms with Crippen molar-refractivity contribution in [1.29, 1.82) is 0 Å². The summed E-state index contributed by atoms with van der Waals surface area (Å²) in [5.74, 6) is 0.877. The molecule has 0 heterocycles. The molecule has 1 aliphatic carbocycles. The zero-order chi connectivity index (χ0) is 13.7. The Hall–Kier alpha value is -0.860. The lowest BCUT2D eigenvalue weighted by Gasteiger charge is -2.17. The summed E-state index contributed by atoms with van der Waals surface area (Å²) in [6.07, 6.45) is 3.85. The highest BCUT2D eigenvalue weighted by atomic mass is 16.5. The van der Waals surface area contributed by atoms with E-state index in [-0.39, 0.29) is 0 Å². The van der Waals surface area contributed by atoms with E-state index in [1.54, 1.807) is 0 Å². The van der Waals surface area contributed by atoms with Gasteiger partial charge in [-0.1, -0.05) is 23.8 Å². The van der Waals surface area contributed by atoms with Gasteiger partial charge in [-0.3, -0.25) is 0 Å². The molecular weight excluding hydrogens is 234 g/mol. The van der Waals surface area contributed by atoms with Crippen LogP contribution in [0.2, 0.25) is 0 Å². The summed E-state index contributed by atoms with van der Waals surface area (Å²) < 4.78 is 5.64. The second-order valence-corrected chi connectivity index (χ2v) is 5.91. The summed E-state index contributed by atoms with van der Waals surface area (Å²) in [7, 11) is 0. The highest BCUT2D eigenvalue weighted by Gasteiger charge is 2.20. The Balaban J connectivity index is 1.63. The Labute approximate surface area is 117 Å². The average molecular weight is 261 g/mol. The fourth-order valence-corrected chi connectivity index (χ4v) is 2.45. The summed E-state index contributed by atoms with van der Waals surface area (Å²) in [4.78, 5) is 0. The van der Waals surface area contributed by atoms with Crippen LogP contribution in [0.5, 0.6) is 0 Å². The Morgan fingerprint density at radius 3 is 2.79 bits per heavy atom. The number of nitrogens with one attached hydrogen (secondary N) is 1. The number of aryl methyl sites for hydroxylation is 2. The van der Waals surface area contributed by atoms with Crippen LogP contribution in [0, 0.1) is 19.8 Å². The minimum Gasteiger partial charge on any atom is -0.381 e. The molecule has 0 bridgehead atoms. The predicted molar refractivity (Wildman–Crippen MR) is 80.5 cm³/mol. The van der Waals surface area contributed by atoms with Gasteiger partial charge in [0.2, 0.25) is 0 Å². The van der Waals surface area contributed by atoms with Gasteiger partial charge in [-0.05, 0) is 63.6 Å². The normalized spacial score (nSPS) is 16.6. The van der Waals surface area contributed by atoms with Gasteiger partial charge in [0.05, 0.1) is 0 Å². The van der Waals surface area contributed by atoms with Crippen LogP contribution in [0.15, 0.2) is 18.2 Å². The first-order valence-corrected chi connectivity index (χ1v) is 7.55. The second-order valence-electron chi connectivity index (χ2n) is 5.91. The molecule has 19 heavy (non-hydrogen) atoms. The summed E-state index contributed by atoms with van der Waals surface area (Å²) in [5.41, 5.74) is 4.12. The maximum Gasteiger partial charge on any atom is 0.0494 e. The first kappa shape index (κ1) is 14.5. The number of benzene rings is 1. The van der Waals surface area contributed by atoms with E-state index in [1.165, 1.54) is 29.5 Å². The summed E-state index contributed by atoms with van der Waals surface area (Å²) in [5, 5.41) is 3.58. The maximum absolute atomic E-state index is 5.64. The van der Waals surface area contributed by atoms with Crippen molar-refractivity contribution in [3.8, 4) is 0 Å². The molecule has 0 aromatic heterocycles. The fourth-order valence-electron chi connectivity index (χ4n) is 2.45. The van der Waals surface area contributed by atoms with Crippen LogP contribution in [-0.2, 0) is 4.74 Å². The molecule has 1 saturated carbocycles. The molecule has 1 atom stereocenters. The van der Waals surface area contributed by atoms with Crippen molar-refractivity contribution in [3.63, 3.8) is 0 Å². The quantitative estimate of drug-likeness (QED) is 0.719. The minimum atomic E-state index is 0.420. The molecule has 1 aromatic carbocycles. The fraction of sp³-hybridized carbons (Fsp3) is 0.647. The van der Waals surface area contributed by atoms with Crippen LogP contribution in [-0.4, -0.2) is 19.8 Å². The van der Waals surface area contributed by atoms with E-state index >= 15 is 0 Å². The van der Waals surface area contributed by atoms with Gasteiger partial charge >= 0.3 is 0 Å². The SMILES string of the molecule is Cc1ccc(C(C)NCCCOCC2CC2)c(C)c1. The molecule has 0 spiro atoms. The summed E-state index contributed by atoms with van der Waals surface area (Å²) >= 11 is 0. The third-order valence-corrected chi connectivity index (χ3v) is 3.86. The van der Waals surface area contributed by atoms with Gasteiger partial charge in [0.1, 0.15) is 0 Å². The van der Waals surface area contributed by atoms with E-state index in [4.69, 9.17) is 4.74 Å². The third kappa shape index (κ3) is 4.96. The number of rotatable bonds is 8. The summed E-state index contributed by atoms with van der Waals surface area (Å²) in [6.45, 7) is 9.48. The van der Waals surface area contributed by atoms with Crippen LogP contribution in [0.4, 0.5) is 0 Å². The predicted octanol–water partition coefficient (Wildman–Crippen LogP) is 3.77. The molecule has 0 radical (unpaired) electrons. The molecule has 2 rings (SSSR count). The topological polar surface area (TPSA) is 21.3 Å². The molecule has 0 saturated heterocycles. The number of hydrogen-bond acceptors (Lipinski definition) is 2. The smallest absolute Gasteiger partial charge is 0.0494 e. The molecular formula is C17H27NO. The van der Waals surface area contributed by atoms with Gasteiger partial charge in [-0.15, -0.1) is 0 Å². The lowest BCUT2D eigenvalue weighted by molar-refractivity contribution is 0.121. The van der Waals surface area contributed by atoms with Gasteiger partial charge < -0.3 is 10.1 Å². The van der Waals surface area contributed by atoms with E-state index in [1.807, 2.05) is 0 Å². The maximum atomic E-state index is 5.64. The van der Waals surface area contributed by atoms with Crippen LogP contribution in [0.1, 0.15) is 48.9 Å². The Morgan fingerprint density at radius 2 is 2.11 bits per heavy atom. The Morgan fingerprint density at radius 1 is 1.32 bits per heavy atom. The third-order valence-electron chi connectivity index (χ3n) is 3.86. The van der Waals surface area contributed by atoms with E-state index in [9.17, 15) is 0 Å². The monoisotopic (exact) mass is 261 g/mol. The van der Waals surface area contributed by atoms with Crippen molar-refractivity contribution in [2.45, 2.75) is 46.1 Å². The molecule has 1 N–H and O–H groups in total. The molecule has 2 heteroatoms. The lowest BCUT2D eigenvalue weighted by Crippen LogP contribution is -2.21. The lowest BCUT2D eigenvalue weighted by atomic mass is 10.0. The van der Waals surface area contributed by atoms with Gasteiger partial charge in [0.15, 0.2) is 0 Å². The highest BCUT2D eigenvalue weighted by molar-refractivity contribution is 5.32. The second kappa shape index (κ2) is 7.06. The zero-order valence-corrected chi connectivity index (χ0v) is 12.5. The Bertz CT molecular complexity index is 398. The first-order chi connectivity index (χ1) is 9.16. The first-order valence-electron chi connectivity index (χ1n) is 7.55. The van der Waals surface area contributed by atoms with Gasteiger partial charge in [-0.25, -0.2) is 0 Å². The zero-order valence-electron chi connectivity index (χ0n) is 12.5.